The maximum atomic E-state index is 12.9. The highest BCUT2D eigenvalue weighted by atomic mass is 35.5. The highest BCUT2D eigenvalue weighted by Gasteiger charge is 2.41. The Morgan fingerprint density at radius 3 is 2.40 bits per heavy atom. The van der Waals surface area contributed by atoms with Crippen molar-refractivity contribution in [1.29, 1.82) is 5.26 Å². The van der Waals surface area contributed by atoms with E-state index in [1.807, 2.05) is 46.1 Å². The molecule has 1 aromatic carbocycles. The van der Waals surface area contributed by atoms with E-state index in [0.29, 0.717) is 21.3 Å². The topological polar surface area (TPSA) is 62.5 Å². The molecule has 1 aromatic rings. The fourth-order valence-electron chi connectivity index (χ4n) is 2.80. The number of esters is 1. The van der Waals surface area contributed by atoms with Gasteiger partial charge >= 0.3 is 5.97 Å². The van der Waals surface area contributed by atoms with Gasteiger partial charge in [-0.1, -0.05) is 23.7 Å². The monoisotopic (exact) mass is 376 g/mol. The highest BCUT2D eigenvalue weighted by molar-refractivity contribution is 8.02. The molecule has 1 aliphatic rings. The van der Waals surface area contributed by atoms with Crippen LogP contribution in [0.1, 0.15) is 39.2 Å². The van der Waals surface area contributed by atoms with Crippen LogP contribution in [-0.2, 0) is 9.53 Å². The first-order valence-electron chi connectivity index (χ1n) is 7.89. The maximum absolute atomic E-state index is 12.9. The van der Waals surface area contributed by atoms with Crippen molar-refractivity contribution in [1.82, 2.24) is 0 Å². The number of hydrogen-bond donors (Lipinski definition) is 0. The van der Waals surface area contributed by atoms with Gasteiger partial charge in [-0.3, -0.25) is 4.79 Å². The van der Waals surface area contributed by atoms with E-state index in [9.17, 15) is 10.1 Å². The molecule has 0 amide bonds. The number of nitriles is 1. The van der Waals surface area contributed by atoms with Crippen molar-refractivity contribution < 1.29 is 9.53 Å². The van der Waals surface area contributed by atoms with Gasteiger partial charge in [-0.05, 0) is 51.6 Å². The molecule has 2 atom stereocenters. The van der Waals surface area contributed by atoms with E-state index in [1.54, 1.807) is 12.1 Å². The lowest BCUT2D eigenvalue weighted by Gasteiger charge is -2.32. The van der Waals surface area contributed by atoms with Gasteiger partial charge in [-0.25, -0.2) is 4.99 Å². The third-order valence-electron chi connectivity index (χ3n) is 3.81. The molecule has 25 heavy (non-hydrogen) atoms. The van der Waals surface area contributed by atoms with Gasteiger partial charge in [0, 0.05) is 16.7 Å². The molecule has 0 aromatic heterocycles. The zero-order valence-corrected chi connectivity index (χ0v) is 16.5. The van der Waals surface area contributed by atoms with E-state index >= 15 is 0 Å². The third kappa shape index (κ3) is 4.45. The van der Waals surface area contributed by atoms with Crippen molar-refractivity contribution in [2.24, 2.45) is 10.9 Å². The first-order chi connectivity index (χ1) is 11.7. The lowest BCUT2D eigenvalue weighted by Crippen LogP contribution is -2.37. The molecule has 0 saturated carbocycles. The van der Waals surface area contributed by atoms with Crippen LogP contribution in [0.5, 0.6) is 0 Å². The normalized spacial score (nSPS) is 20.8. The van der Waals surface area contributed by atoms with Crippen LogP contribution < -0.4 is 0 Å². The average molecular weight is 377 g/mol. The van der Waals surface area contributed by atoms with Crippen molar-refractivity contribution in [3.05, 3.63) is 45.5 Å². The minimum atomic E-state index is -0.633. The Bertz CT molecular complexity index is 770. The van der Waals surface area contributed by atoms with E-state index in [2.05, 4.69) is 11.1 Å². The van der Waals surface area contributed by atoms with Crippen molar-refractivity contribution in [3.63, 3.8) is 0 Å². The number of aliphatic imine (C=N–C) groups is 1. The summed E-state index contributed by atoms with van der Waals surface area (Å²) < 4.78 is 5.60. The molecule has 0 fully saturated rings. The van der Waals surface area contributed by atoms with Gasteiger partial charge in [0.15, 0.2) is 0 Å². The average Bonchev–Trinajstić information content (AvgIpc) is 2.52. The van der Waals surface area contributed by atoms with Crippen molar-refractivity contribution >= 4 is 35.0 Å². The SMILES string of the molecule is CSC1=C(C#N)[C@H](c2ccc(Cl)cc2)C(C(=O)OC(C)(C)C)C(C)=N1. The van der Waals surface area contributed by atoms with Crippen LogP contribution >= 0.6 is 23.4 Å². The van der Waals surface area contributed by atoms with Gasteiger partial charge in [0.2, 0.25) is 0 Å². The van der Waals surface area contributed by atoms with Crippen LogP contribution in [0.4, 0.5) is 0 Å². The van der Waals surface area contributed by atoms with E-state index in [4.69, 9.17) is 16.3 Å². The van der Waals surface area contributed by atoms with Crippen molar-refractivity contribution in [2.75, 3.05) is 6.26 Å². The number of benzene rings is 1. The van der Waals surface area contributed by atoms with Gasteiger partial charge in [0.25, 0.3) is 0 Å². The Morgan fingerprint density at radius 2 is 1.92 bits per heavy atom. The second kappa shape index (κ2) is 7.63. The number of allylic oxidation sites excluding steroid dienone is 1. The summed E-state index contributed by atoms with van der Waals surface area (Å²) in [6, 6.07) is 9.46. The molecular formula is C19H21ClN2O2S. The summed E-state index contributed by atoms with van der Waals surface area (Å²) in [4.78, 5) is 17.4. The molecule has 0 radical (unpaired) electrons. The molecule has 6 heteroatoms. The molecule has 0 spiro atoms. The first kappa shape index (κ1) is 19.6. The van der Waals surface area contributed by atoms with Crippen LogP contribution in [0.2, 0.25) is 5.02 Å². The summed E-state index contributed by atoms with van der Waals surface area (Å²) >= 11 is 7.40. The molecule has 1 aliphatic heterocycles. The Labute approximate surface area is 157 Å². The smallest absolute Gasteiger partial charge is 0.316 e. The predicted molar refractivity (Wildman–Crippen MR) is 103 cm³/mol. The Hall–Kier alpha value is -1.77. The molecule has 4 nitrogen and oxygen atoms in total. The van der Waals surface area contributed by atoms with Gasteiger partial charge in [-0.15, -0.1) is 11.8 Å². The Balaban J connectivity index is 2.58. The molecule has 0 N–H and O–H groups in total. The van der Waals surface area contributed by atoms with Crippen molar-refractivity contribution in [2.45, 2.75) is 39.2 Å². The molecular weight excluding hydrogens is 356 g/mol. The summed E-state index contributed by atoms with van der Waals surface area (Å²) in [5, 5.41) is 11.0. The van der Waals surface area contributed by atoms with Crippen LogP contribution in [0, 0.1) is 17.2 Å². The van der Waals surface area contributed by atoms with Gasteiger partial charge in [0.05, 0.1) is 11.6 Å². The molecule has 1 unspecified atom stereocenters. The lowest BCUT2D eigenvalue weighted by atomic mass is 9.77. The molecule has 2 rings (SSSR count). The zero-order chi connectivity index (χ0) is 18.8. The maximum Gasteiger partial charge on any atom is 0.316 e. The number of nitrogens with zero attached hydrogens (tertiary/aromatic N) is 2. The van der Waals surface area contributed by atoms with E-state index < -0.39 is 17.4 Å². The minimum absolute atomic E-state index is 0.374. The van der Waals surface area contributed by atoms with Crippen LogP contribution in [-0.4, -0.2) is 23.5 Å². The Kier molecular flexibility index (Phi) is 5.97. The molecule has 0 aliphatic carbocycles. The zero-order valence-electron chi connectivity index (χ0n) is 15.0. The third-order valence-corrected chi connectivity index (χ3v) is 4.76. The number of ether oxygens (including phenoxy) is 1. The Morgan fingerprint density at radius 1 is 1.32 bits per heavy atom. The second-order valence-electron chi connectivity index (χ2n) is 6.83. The van der Waals surface area contributed by atoms with Gasteiger partial charge in [0.1, 0.15) is 16.5 Å². The number of halogens is 1. The summed E-state index contributed by atoms with van der Waals surface area (Å²) in [5.74, 6) is -1.44. The molecule has 0 bridgehead atoms. The minimum Gasteiger partial charge on any atom is -0.459 e. The first-order valence-corrected chi connectivity index (χ1v) is 9.50. The summed E-state index contributed by atoms with van der Waals surface area (Å²) in [7, 11) is 0. The predicted octanol–water partition coefficient (Wildman–Crippen LogP) is 4.95. The molecule has 1 heterocycles. The number of carbonyl (C=O) groups excluding carboxylic acids is 1. The largest absolute Gasteiger partial charge is 0.459 e. The molecule has 0 saturated heterocycles. The van der Waals surface area contributed by atoms with E-state index in [-0.39, 0.29) is 5.97 Å². The van der Waals surface area contributed by atoms with Crippen LogP contribution in [0.15, 0.2) is 39.9 Å². The fraction of sp³-hybridized carbons (Fsp3) is 0.421. The number of carbonyl (C=O) groups is 1. The number of hydrogen-bond acceptors (Lipinski definition) is 5. The quantitative estimate of drug-likeness (QED) is 0.700. The van der Waals surface area contributed by atoms with Gasteiger partial charge in [-0.2, -0.15) is 5.26 Å². The summed E-state index contributed by atoms with van der Waals surface area (Å²) in [6.07, 6.45) is 1.87. The fourth-order valence-corrected chi connectivity index (χ4v) is 3.56. The van der Waals surface area contributed by atoms with E-state index in [1.165, 1.54) is 11.8 Å². The standard InChI is InChI=1S/C19H21ClN2O2S/c1-11-15(18(23)24-19(2,3)4)16(12-6-8-13(20)9-7-12)14(10-21)17(22-11)25-5/h6-9,15-16H,1-5H3/t15?,16-/m0/s1. The summed E-state index contributed by atoms with van der Waals surface area (Å²) in [6.45, 7) is 7.28. The van der Waals surface area contributed by atoms with Gasteiger partial charge < -0.3 is 4.74 Å². The molecule has 132 valence electrons. The second-order valence-corrected chi connectivity index (χ2v) is 8.06. The lowest BCUT2D eigenvalue weighted by molar-refractivity contribution is -0.157. The van der Waals surface area contributed by atoms with Crippen molar-refractivity contribution in [3.8, 4) is 6.07 Å². The number of rotatable bonds is 3. The van der Waals surface area contributed by atoms with Crippen LogP contribution in [0.3, 0.4) is 0 Å². The van der Waals surface area contributed by atoms with E-state index in [0.717, 1.165) is 5.56 Å². The number of thioether (sulfide) groups is 1. The summed E-state index contributed by atoms with van der Waals surface area (Å²) in [5.41, 5.74) is 1.37. The highest BCUT2D eigenvalue weighted by Crippen LogP contribution is 2.42. The van der Waals surface area contributed by atoms with Crippen LogP contribution in [0.25, 0.3) is 0 Å².